The molecule has 0 atom stereocenters. The van der Waals surface area contributed by atoms with Gasteiger partial charge in [-0.15, -0.1) is 11.3 Å². The van der Waals surface area contributed by atoms with Crippen molar-refractivity contribution in [3.8, 4) is 0 Å². The van der Waals surface area contributed by atoms with Crippen molar-refractivity contribution in [2.24, 2.45) is 5.92 Å². The van der Waals surface area contributed by atoms with Gasteiger partial charge in [0.1, 0.15) is 4.83 Å². The lowest BCUT2D eigenvalue weighted by Gasteiger charge is -2.32. The van der Waals surface area contributed by atoms with Crippen molar-refractivity contribution in [3.63, 3.8) is 0 Å². The summed E-state index contributed by atoms with van der Waals surface area (Å²) in [5.74, 6) is -1.34. The van der Waals surface area contributed by atoms with Gasteiger partial charge in [-0.25, -0.2) is 4.98 Å². The number of carbonyl (C=O) groups excluding carboxylic acids is 1. The molecule has 1 amide bonds. The van der Waals surface area contributed by atoms with Gasteiger partial charge in [0.2, 0.25) is 5.91 Å². The minimum absolute atomic E-state index is 0.0669. The highest BCUT2D eigenvalue weighted by Crippen LogP contribution is 2.27. The molecule has 0 aromatic carbocycles. The third kappa shape index (κ3) is 2.87. The Morgan fingerprint density at radius 2 is 2.23 bits per heavy atom. The van der Waals surface area contributed by atoms with E-state index in [1.807, 2.05) is 5.38 Å². The van der Waals surface area contributed by atoms with Gasteiger partial charge < -0.3 is 10.4 Å². The van der Waals surface area contributed by atoms with E-state index in [2.05, 4.69) is 10.3 Å². The molecule has 1 saturated carbocycles. The average Bonchev–Trinajstić information content (AvgIpc) is 2.90. The molecule has 2 heterocycles. The Labute approximate surface area is 129 Å². The molecule has 2 aromatic heterocycles. The first-order valence-electron chi connectivity index (χ1n) is 6.99. The fourth-order valence-corrected chi connectivity index (χ4v) is 3.24. The van der Waals surface area contributed by atoms with Gasteiger partial charge in [-0.1, -0.05) is 0 Å². The zero-order chi connectivity index (χ0) is 15.7. The second-order valence-corrected chi connectivity index (χ2v) is 6.30. The van der Waals surface area contributed by atoms with E-state index >= 15 is 0 Å². The lowest BCUT2D eigenvalue weighted by atomic mass is 9.80. The predicted octanol–water partition coefficient (Wildman–Crippen LogP) is 0.827. The van der Waals surface area contributed by atoms with Gasteiger partial charge in [0.25, 0.3) is 5.56 Å². The Kier molecular flexibility index (Phi) is 3.93. The maximum atomic E-state index is 12.1. The standard InChI is InChI=1S/C14H15N3O4S/c18-11(16-9-5-8(6-9)14(20)21)1-3-17-7-15-12-10(13(17)19)2-4-22-12/h2,4,7-9H,1,3,5-6H2,(H,16,18)(H,20,21). The Hall–Kier alpha value is -2.22. The maximum absolute atomic E-state index is 12.1. The van der Waals surface area contributed by atoms with Gasteiger partial charge in [0.05, 0.1) is 17.6 Å². The minimum atomic E-state index is -0.813. The molecule has 2 aromatic rings. The van der Waals surface area contributed by atoms with Crippen LogP contribution >= 0.6 is 11.3 Å². The smallest absolute Gasteiger partial charge is 0.306 e. The fraction of sp³-hybridized carbons (Fsp3) is 0.429. The van der Waals surface area contributed by atoms with E-state index in [0.717, 1.165) is 0 Å². The van der Waals surface area contributed by atoms with Crippen LogP contribution in [0.15, 0.2) is 22.6 Å². The molecule has 0 radical (unpaired) electrons. The van der Waals surface area contributed by atoms with Gasteiger partial charge in [-0.05, 0) is 24.3 Å². The highest BCUT2D eigenvalue weighted by molar-refractivity contribution is 7.16. The monoisotopic (exact) mass is 321 g/mol. The van der Waals surface area contributed by atoms with Crippen LogP contribution in [0.1, 0.15) is 19.3 Å². The number of aliphatic carboxylic acids is 1. The van der Waals surface area contributed by atoms with Crippen LogP contribution in [0.5, 0.6) is 0 Å². The number of thiophene rings is 1. The van der Waals surface area contributed by atoms with Crippen LogP contribution in [0.25, 0.3) is 10.2 Å². The average molecular weight is 321 g/mol. The number of rotatable bonds is 5. The summed E-state index contributed by atoms with van der Waals surface area (Å²) in [7, 11) is 0. The lowest BCUT2D eigenvalue weighted by molar-refractivity contribution is -0.146. The maximum Gasteiger partial charge on any atom is 0.306 e. The van der Waals surface area contributed by atoms with Crippen LogP contribution in [-0.2, 0) is 16.1 Å². The number of carbonyl (C=O) groups is 2. The van der Waals surface area contributed by atoms with Crippen molar-refractivity contribution < 1.29 is 14.7 Å². The molecule has 0 spiro atoms. The summed E-state index contributed by atoms with van der Waals surface area (Å²) in [6, 6.07) is 1.66. The lowest BCUT2D eigenvalue weighted by Crippen LogP contribution is -2.46. The van der Waals surface area contributed by atoms with E-state index in [-0.39, 0.29) is 36.4 Å². The Bertz CT molecular complexity index is 776. The molecule has 1 fully saturated rings. The Morgan fingerprint density at radius 1 is 1.45 bits per heavy atom. The van der Waals surface area contributed by atoms with Crippen molar-refractivity contribution >= 4 is 33.4 Å². The van der Waals surface area contributed by atoms with E-state index in [1.54, 1.807) is 6.07 Å². The third-order valence-corrected chi connectivity index (χ3v) is 4.70. The van der Waals surface area contributed by atoms with E-state index in [9.17, 15) is 14.4 Å². The number of nitrogens with zero attached hydrogens (tertiary/aromatic N) is 2. The number of carboxylic acid groups (broad SMARTS) is 1. The number of aromatic nitrogens is 2. The number of fused-ring (bicyclic) bond motifs is 1. The molecule has 3 rings (SSSR count). The quantitative estimate of drug-likeness (QED) is 0.849. The first-order valence-corrected chi connectivity index (χ1v) is 7.87. The van der Waals surface area contributed by atoms with Crippen molar-refractivity contribution in [2.75, 3.05) is 0 Å². The van der Waals surface area contributed by atoms with Crippen LogP contribution in [0.4, 0.5) is 0 Å². The molecule has 0 bridgehead atoms. The second-order valence-electron chi connectivity index (χ2n) is 5.40. The number of nitrogens with one attached hydrogen (secondary N) is 1. The number of aryl methyl sites for hydroxylation is 1. The molecule has 0 unspecified atom stereocenters. The first-order chi connectivity index (χ1) is 10.5. The summed E-state index contributed by atoms with van der Waals surface area (Å²) >= 11 is 1.40. The van der Waals surface area contributed by atoms with Crippen LogP contribution in [0.2, 0.25) is 0 Å². The second kappa shape index (κ2) is 5.88. The summed E-state index contributed by atoms with van der Waals surface area (Å²) in [5.41, 5.74) is -0.145. The Morgan fingerprint density at radius 3 is 2.95 bits per heavy atom. The van der Waals surface area contributed by atoms with Crippen molar-refractivity contribution in [2.45, 2.75) is 31.8 Å². The zero-order valence-corrected chi connectivity index (χ0v) is 12.5. The summed E-state index contributed by atoms with van der Waals surface area (Å²) < 4.78 is 1.43. The number of carboxylic acids is 1. The third-order valence-electron chi connectivity index (χ3n) is 3.88. The van der Waals surface area contributed by atoms with Crippen LogP contribution in [0.3, 0.4) is 0 Å². The van der Waals surface area contributed by atoms with Gasteiger partial charge in [-0.2, -0.15) is 0 Å². The molecular formula is C14H15N3O4S. The van der Waals surface area contributed by atoms with Crippen molar-refractivity contribution in [1.82, 2.24) is 14.9 Å². The summed E-state index contributed by atoms with van der Waals surface area (Å²) in [5, 5.41) is 13.9. The van der Waals surface area contributed by atoms with Crippen LogP contribution in [-0.4, -0.2) is 32.6 Å². The van der Waals surface area contributed by atoms with E-state index in [4.69, 9.17) is 5.11 Å². The first kappa shape index (κ1) is 14.7. The van der Waals surface area contributed by atoms with Crippen molar-refractivity contribution in [3.05, 3.63) is 28.1 Å². The highest BCUT2D eigenvalue weighted by atomic mass is 32.1. The van der Waals surface area contributed by atoms with Crippen molar-refractivity contribution in [1.29, 1.82) is 0 Å². The SMILES string of the molecule is O=C(CCn1cnc2sccc2c1=O)NC1CC(C(=O)O)C1. The fourth-order valence-electron chi connectivity index (χ4n) is 2.51. The number of hydrogen-bond acceptors (Lipinski definition) is 5. The predicted molar refractivity (Wildman–Crippen MR) is 80.8 cm³/mol. The normalized spacial score (nSPS) is 20.5. The Balaban J connectivity index is 1.53. The summed E-state index contributed by atoms with van der Waals surface area (Å²) in [6.07, 6.45) is 2.58. The minimum Gasteiger partial charge on any atom is -0.481 e. The van der Waals surface area contributed by atoms with E-state index < -0.39 is 5.97 Å². The van der Waals surface area contributed by atoms with Gasteiger partial charge in [0, 0.05) is 19.0 Å². The van der Waals surface area contributed by atoms with Gasteiger partial charge in [-0.3, -0.25) is 19.0 Å². The summed E-state index contributed by atoms with van der Waals surface area (Å²) in [6.45, 7) is 0.262. The van der Waals surface area contributed by atoms with Gasteiger partial charge >= 0.3 is 5.97 Å². The molecule has 0 saturated heterocycles. The molecule has 8 heteroatoms. The zero-order valence-electron chi connectivity index (χ0n) is 11.7. The molecule has 2 N–H and O–H groups in total. The number of amides is 1. The molecule has 7 nitrogen and oxygen atoms in total. The molecule has 22 heavy (non-hydrogen) atoms. The van der Waals surface area contributed by atoms with Crippen LogP contribution < -0.4 is 10.9 Å². The summed E-state index contributed by atoms with van der Waals surface area (Å²) in [4.78, 5) is 39.5. The van der Waals surface area contributed by atoms with E-state index in [0.29, 0.717) is 23.1 Å². The van der Waals surface area contributed by atoms with Crippen LogP contribution in [0, 0.1) is 5.92 Å². The molecular weight excluding hydrogens is 306 g/mol. The molecule has 1 aliphatic carbocycles. The number of hydrogen-bond donors (Lipinski definition) is 2. The van der Waals surface area contributed by atoms with Gasteiger partial charge in [0.15, 0.2) is 0 Å². The molecule has 1 aliphatic rings. The van der Waals surface area contributed by atoms with E-state index in [1.165, 1.54) is 22.2 Å². The topological polar surface area (TPSA) is 101 Å². The highest BCUT2D eigenvalue weighted by Gasteiger charge is 2.35. The molecule has 0 aliphatic heterocycles. The largest absolute Gasteiger partial charge is 0.481 e. The molecule has 116 valence electrons.